The van der Waals surface area contributed by atoms with Crippen LogP contribution >= 0.6 is 0 Å². The Kier molecular flexibility index (Phi) is 7.22. The summed E-state index contributed by atoms with van der Waals surface area (Å²) < 4.78 is 33.5. The molecular weight excluding hydrogens is 464 g/mol. The van der Waals surface area contributed by atoms with E-state index in [0.717, 1.165) is 38.8 Å². The predicted molar refractivity (Wildman–Crippen MR) is 136 cm³/mol. The molecule has 3 aromatic carbocycles. The van der Waals surface area contributed by atoms with Gasteiger partial charge in [0.15, 0.2) is 0 Å². The van der Waals surface area contributed by atoms with Crippen molar-refractivity contribution in [1.82, 2.24) is 9.03 Å². The van der Waals surface area contributed by atoms with Crippen molar-refractivity contribution in [3.8, 4) is 17.6 Å². The molecule has 1 heterocycles. The standard InChI is InChI=1S/C27H26N2O5S/c1-19(27(30)31)28-35(32,33)29-15-13-23(14-16-29)22-8-5-20(6-9-22)3-4-21-7-10-25-18-26(34-2)12-11-24(25)17-21/h5-13,17-19,28H,14-16H2,1-2H3,(H,30,31). The van der Waals surface area contributed by atoms with E-state index in [0.29, 0.717) is 6.42 Å². The van der Waals surface area contributed by atoms with Gasteiger partial charge in [-0.2, -0.15) is 17.4 Å². The first-order valence-corrected chi connectivity index (χ1v) is 12.6. The number of nitrogens with one attached hydrogen (secondary N) is 1. The van der Waals surface area contributed by atoms with Crippen LogP contribution in [0, 0.1) is 11.8 Å². The molecule has 0 spiro atoms. The number of carboxylic acid groups (broad SMARTS) is 1. The number of ether oxygens (including phenoxy) is 1. The molecule has 35 heavy (non-hydrogen) atoms. The first kappa shape index (κ1) is 24.5. The van der Waals surface area contributed by atoms with E-state index in [-0.39, 0.29) is 13.1 Å². The first-order chi connectivity index (χ1) is 16.7. The lowest BCUT2D eigenvalue weighted by molar-refractivity contribution is -0.138. The van der Waals surface area contributed by atoms with Gasteiger partial charge in [0.1, 0.15) is 11.8 Å². The van der Waals surface area contributed by atoms with Crippen LogP contribution in [0.1, 0.15) is 30.0 Å². The molecule has 1 unspecified atom stereocenters. The molecule has 0 amide bonds. The molecule has 0 aliphatic carbocycles. The SMILES string of the molecule is COc1ccc2cc(C#Cc3ccc(C4=CCN(S(=O)(=O)NC(C)C(=O)O)CC4)cc3)ccc2c1. The Morgan fingerprint density at radius 1 is 1.03 bits per heavy atom. The van der Waals surface area contributed by atoms with Crippen molar-refractivity contribution in [2.45, 2.75) is 19.4 Å². The largest absolute Gasteiger partial charge is 0.497 e. The number of benzene rings is 3. The maximum atomic E-state index is 12.4. The van der Waals surface area contributed by atoms with Crippen molar-refractivity contribution in [3.63, 3.8) is 0 Å². The van der Waals surface area contributed by atoms with Gasteiger partial charge in [-0.3, -0.25) is 4.79 Å². The van der Waals surface area contributed by atoms with Crippen LogP contribution in [-0.4, -0.2) is 50.0 Å². The molecule has 1 aliphatic heterocycles. The Bertz CT molecular complexity index is 1450. The summed E-state index contributed by atoms with van der Waals surface area (Å²) in [5, 5.41) is 11.1. The second kappa shape index (κ2) is 10.3. The van der Waals surface area contributed by atoms with Crippen molar-refractivity contribution in [2.24, 2.45) is 0 Å². The summed E-state index contributed by atoms with van der Waals surface area (Å²) in [6.07, 6.45) is 2.40. The van der Waals surface area contributed by atoms with Crippen LogP contribution in [0.2, 0.25) is 0 Å². The number of nitrogens with zero attached hydrogens (tertiary/aromatic N) is 1. The molecule has 0 bridgehead atoms. The summed E-state index contributed by atoms with van der Waals surface area (Å²) in [4.78, 5) is 11.0. The van der Waals surface area contributed by atoms with Gasteiger partial charge >= 0.3 is 5.97 Å². The van der Waals surface area contributed by atoms with E-state index < -0.39 is 22.2 Å². The lowest BCUT2D eigenvalue weighted by Gasteiger charge is -2.26. The Morgan fingerprint density at radius 2 is 1.69 bits per heavy atom. The Morgan fingerprint density at radius 3 is 2.34 bits per heavy atom. The summed E-state index contributed by atoms with van der Waals surface area (Å²) in [5.74, 6) is 6.01. The molecular formula is C27H26N2O5S. The quantitative estimate of drug-likeness (QED) is 0.515. The highest BCUT2D eigenvalue weighted by Crippen LogP contribution is 2.24. The van der Waals surface area contributed by atoms with E-state index in [9.17, 15) is 13.2 Å². The molecule has 180 valence electrons. The fraction of sp³-hybridized carbons (Fsp3) is 0.222. The van der Waals surface area contributed by atoms with Gasteiger partial charge < -0.3 is 9.84 Å². The Hall–Kier alpha value is -3.64. The molecule has 4 rings (SSSR count). The molecule has 0 fully saturated rings. The van der Waals surface area contributed by atoms with Gasteiger partial charge in [0.25, 0.3) is 10.2 Å². The number of aliphatic carboxylic acids is 1. The number of carboxylic acids is 1. The molecule has 3 aromatic rings. The number of hydrogen-bond acceptors (Lipinski definition) is 4. The van der Waals surface area contributed by atoms with Crippen LogP contribution in [0.15, 0.2) is 66.7 Å². The monoisotopic (exact) mass is 490 g/mol. The second-order valence-electron chi connectivity index (χ2n) is 8.28. The highest BCUT2D eigenvalue weighted by molar-refractivity contribution is 7.87. The minimum atomic E-state index is -3.86. The fourth-order valence-corrected chi connectivity index (χ4v) is 5.12. The van der Waals surface area contributed by atoms with Gasteiger partial charge in [0, 0.05) is 24.2 Å². The number of fused-ring (bicyclic) bond motifs is 1. The van der Waals surface area contributed by atoms with Crippen LogP contribution in [0.25, 0.3) is 16.3 Å². The number of rotatable bonds is 6. The maximum absolute atomic E-state index is 12.4. The summed E-state index contributed by atoms with van der Waals surface area (Å²) in [6.45, 7) is 1.77. The van der Waals surface area contributed by atoms with Crippen LogP contribution in [0.5, 0.6) is 5.75 Å². The first-order valence-electron chi connectivity index (χ1n) is 11.1. The Labute approximate surface area is 205 Å². The zero-order valence-electron chi connectivity index (χ0n) is 19.5. The lowest BCUT2D eigenvalue weighted by atomic mass is 9.99. The van der Waals surface area contributed by atoms with Crippen LogP contribution in [-0.2, 0) is 15.0 Å². The van der Waals surface area contributed by atoms with Gasteiger partial charge in [-0.1, -0.05) is 42.2 Å². The van der Waals surface area contributed by atoms with Crippen molar-refractivity contribution < 1.29 is 23.1 Å². The zero-order valence-corrected chi connectivity index (χ0v) is 20.3. The molecule has 0 saturated heterocycles. The lowest BCUT2D eigenvalue weighted by Crippen LogP contribution is -2.48. The van der Waals surface area contributed by atoms with E-state index >= 15 is 0 Å². The third kappa shape index (κ3) is 5.89. The molecule has 1 aliphatic rings. The minimum absolute atomic E-state index is 0.187. The molecule has 8 heteroatoms. The highest BCUT2D eigenvalue weighted by atomic mass is 32.2. The van der Waals surface area contributed by atoms with Gasteiger partial charge in [0.05, 0.1) is 7.11 Å². The fourth-order valence-electron chi connectivity index (χ4n) is 3.82. The topological polar surface area (TPSA) is 95.9 Å². The molecule has 0 radical (unpaired) electrons. The third-order valence-electron chi connectivity index (χ3n) is 5.86. The molecule has 7 nitrogen and oxygen atoms in total. The van der Waals surface area contributed by atoms with Crippen LogP contribution in [0.4, 0.5) is 0 Å². The molecule has 1 atom stereocenters. The van der Waals surface area contributed by atoms with Crippen molar-refractivity contribution in [3.05, 3.63) is 83.4 Å². The summed E-state index contributed by atoms with van der Waals surface area (Å²) in [5.41, 5.74) is 3.87. The summed E-state index contributed by atoms with van der Waals surface area (Å²) in [6, 6.07) is 18.7. The average molecular weight is 491 g/mol. The van der Waals surface area contributed by atoms with Crippen molar-refractivity contribution in [2.75, 3.05) is 20.2 Å². The van der Waals surface area contributed by atoms with E-state index in [1.54, 1.807) is 7.11 Å². The Balaban J connectivity index is 1.42. The van der Waals surface area contributed by atoms with E-state index in [1.165, 1.54) is 11.2 Å². The molecule has 2 N–H and O–H groups in total. The van der Waals surface area contributed by atoms with Crippen LogP contribution in [0.3, 0.4) is 0 Å². The predicted octanol–water partition coefficient (Wildman–Crippen LogP) is 3.64. The minimum Gasteiger partial charge on any atom is -0.497 e. The normalized spacial score (nSPS) is 15.1. The third-order valence-corrected chi connectivity index (χ3v) is 7.53. The van der Waals surface area contributed by atoms with Crippen LogP contribution < -0.4 is 9.46 Å². The maximum Gasteiger partial charge on any atom is 0.321 e. The van der Waals surface area contributed by atoms with Gasteiger partial charge in [-0.25, -0.2) is 0 Å². The average Bonchev–Trinajstić information content (AvgIpc) is 2.87. The number of carbonyl (C=O) groups is 1. The van der Waals surface area contributed by atoms with Gasteiger partial charge in [0.2, 0.25) is 0 Å². The second-order valence-corrected chi connectivity index (χ2v) is 9.98. The molecule has 0 saturated carbocycles. The smallest absolute Gasteiger partial charge is 0.321 e. The summed E-state index contributed by atoms with van der Waals surface area (Å²) >= 11 is 0. The number of methoxy groups -OCH3 is 1. The van der Waals surface area contributed by atoms with Gasteiger partial charge in [-0.15, -0.1) is 0 Å². The van der Waals surface area contributed by atoms with E-state index in [4.69, 9.17) is 9.84 Å². The molecule has 0 aromatic heterocycles. The van der Waals surface area contributed by atoms with E-state index in [1.807, 2.05) is 60.7 Å². The highest BCUT2D eigenvalue weighted by Gasteiger charge is 2.27. The zero-order chi connectivity index (χ0) is 25.0. The number of hydrogen-bond donors (Lipinski definition) is 2. The summed E-state index contributed by atoms with van der Waals surface area (Å²) in [7, 11) is -2.21. The van der Waals surface area contributed by atoms with E-state index in [2.05, 4.69) is 22.6 Å². The van der Waals surface area contributed by atoms with Gasteiger partial charge in [-0.05, 0) is 71.7 Å². The van der Waals surface area contributed by atoms with Crippen molar-refractivity contribution in [1.29, 1.82) is 0 Å². The van der Waals surface area contributed by atoms with Crippen molar-refractivity contribution >= 4 is 32.5 Å².